The summed E-state index contributed by atoms with van der Waals surface area (Å²) in [4.78, 5) is 11.6. The molecular weight excluding hydrogens is 415 g/mol. The zero-order valence-electron chi connectivity index (χ0n) is 18.5. The Kier molecular flexibility index (Phi) is 7.31. The molecule has 2 aromatic rings. The van der Waals surface area contributed by atoms with Crippen molar-refractivity contribution in [2.24, 2.45) is 0 Å². The van der Waals surface area contributed by atoms with Gasteiger partial charge >= 0.3 is 5.97 Å². The van der Waals surface area contributed by atoms with E-state index in [1.165, 1.54) is 0 Å². The zero-order valence-corrected chi connectivity index (χ0v) is 19.5. The van der Waals surface area contributed by atoms with Crippen molar-refractivity contribution in [3.63, 3.8) is 0 Å². The van der Waals surface area contributed by atoms with Gasteiger partial charge in [0.15, 0.2) is 0 Å². The highest BCUT2D eigenvalue weighted by Crippen LogP contribution is 2.38. The first-order valence-corrected chi connectivity index (χ1v) is 12.5. The Morgan fingerprint density at radius 3 is 2.06 bits per heavy atom. The average Bonchev–Trinajstić information content (AvgIpc) is 3.53. The number of hydrogen-bond acceptors (Lipinski definition) is 5. The summed E-state index contributed by atoms with van der Waals surface area (Å²) in [6, 6.07) is 20.3. The van der Waals surface area contributed by atoms with Crippen LogP contribution >= 0.6 is 0 Å². The highest BCUT2D eigenvalue weighted by Gasteiger charge is 2.54. The molecule has 0 spiro atoms. The van der Waals surface area contributed by atoms with E-state index >= 15 is 0 Å². The Labute approximate surface area is 184 Å². The third kappa shape index (κ3) is 4.90. The lowest BCUT2D eigenvalue weighted by Crippen LogP contribution is -2.66. The fourth-order valence-electron chi connectivity index (χ4n) is 4.09. The number of aliphatic hydroxyl groups is 1. The van der Waals surface area contributed by atoms with Crippen LogP contribution in [0, 0.1) is 0 Å². The smallest absolute Gasteiger partial charge is 0.343 e. The molecule has 31 heavy (non-hydrogen) atoms. The molecule has 0 aromatic heterocycles. The summed E-state index contributed by atoms with van der Waals surface area (Å²) in [6.45, 7) is 8.33. The second-order valence-electron chi connectivity index (χ2n) is 8.76. The van der Waals surface area contributed by atoms with Crippen LogP contribution in [-0.4, -0.2) is 57.1 Å². The molecule has 4 atom stereocenters. The van der Waals surface area contributed by atoms with Gasteiger partial charge in [-0.2, -0.15) is 0 Å². The number of carbonyl (C=O) groups is 1. The van der Waals surface area contributed by atoms with Gasteiger partial charge in [0.25, 0.3) is 8.32 Å². The quantitative estimate of drug-likeness (QED) is 0.364. The van der Waals surface area contributed by atoms with E-state index in [0.717, 1.165) is 10.4 Å². The Morgan fingerprint density at radius 1 is 1.10 bits per heavy atom. The third-order valence-corrected chi connectivity index (χ3v) is 10.7. The van der Waals surface area contributed by atoms with E-state index < -0.39 is 38.8 Å². The summed E-state index contributed by atoms with van der Waals surface area (Å²) in [6.07, 6.45) is -4.99. The molecule has 1 heterocycles. The number of esters is 1. The van der Waals surface area contributed by atoms with E-state index in [1.54, 1.807) is 6.92 Å². The summed E-state index contributed by atoms with van der Waals surface area (Å²) in [5.74, 6) is -1.07. The molecule has 0 amide bonds. The molecule has 7 heteroatoms. The second kappa shape index (κ2) is 9.61. The van der Waals surface area contributed by atoms with Crippen LogP contribution in [0.2, 0.25) is 5.04 Å². The van der Waals surface area contributed by atoms with Crippen LogP contribution in [0.5, 0.6) is 0 Å². The number of benzene rings is 2. The number of carbonyl (C=O) groups excluding carboxylic acids is 1. The van der Waals surface area contributed by atoms with Gasteiger partial charge in [-0.3, -0.25) is 0 Å². The predicted molar refractivity (Wildman–Crippen MR) is 120 cm³/mol. The summed E-state index contributed by atoms with van der Waals surface area (Å²) in [5, 5.41) is 12.3. The van der Waals surface area contributed by atoms with Crippen LogP contribution < -0.4 is 10.4 Å². The first kappa shape index (κ1) is 23.6. The van der Waals surface area contributed by atoms with E-state index in [-0.39, 0.29) is 18.3 Å². The average molecular weight is 447 g/mol. The van der Waals surface area contributed by atoms with Crippen LogP contribution in [0.3, 0.4) is 0 Å². The number of hydrogen-bond donors (Lipinski definition) is 1. The van der Waals surface area contributed by atoms with Crippen molar-refractivity contribution in [1.29, 1.82) is 0 Å². The standard InChI is InChI=1S/C24H31FO5Si/c1-5-28-23(27)20(25)21(26)22-19(30-22)16-29-31(24(2,3)4,17-12-8-6-9-13-17)18-14-10-7-11-15-18/h6-15,19-22,26H,5,16H2,1-4H3/t19-,20-,21+,22-/m1/s1. The fraction of sp³-hybridized carbons (Fsp3) is 0.458. The van der Waals surface area contributed by atoms with Crippen LogP contribution in [0.1, 0.15) is 27.7 Å². The van der Waals surface area contributed by atoms with Gasteiger partial charge in [-0.05, 0) is 22.3 Å². The molecule has 1 aliphatic heterocycles. The van der Waals surface area contributed by atoms with Crippen molar-refractivity contribution in [3.8, 4) is 0 Å². The maximum Gasteiger partial charge on any atom is 0.343 e. The molecule has 0 saturated carbocycles. The lowest BCUT2D eigenvalue weighted by molar-refractivity contribution is -0.154. The topological polar surface area (TPSA) is 68.3 Å². The van der Waals surface area contributed by atoms with Gasteiger partial charge in [-0.1, -0.05) is 81.4 Å². The van der Waals surface area contributed by atoms with Crippen molar-refractivity contribution in [1.82, 2.24) is 0 Å². The summed E-state index contributed by atoms with van der Waals surface area (Å²) >= 11 is 0. The van der Waals surface area contributed by atoms with Crippen molar-refractivity contribution in [2.75, 3.05) is 13.2 Å². The monoisotopic (exact) mass is 446 g/mol. The molecule has 1 aliphatic rings. The van der Waals surface area contributed by atoms with Gasteiger partial charge in [-0.25, -0.2) is 9.18 Å². The van der Waals surface area contributed by atoms with Crippen molar-refractivity contribution >= 4 is 24.7 Å². The van der Waals surface area contributed by atoms with Crippen LogP contribution in [-0.2, 0) is 18.7 Å². The number of halogens is 1. The minimum atomic E-state index is -2.75. The molecule has 3 rings (SSSR count). The van der Waals surface area contributed by atoms with Crippen LogP contribution in [0.25, 0.3) is 0 Å². The fourth-order valence-corrected chi connectivity index (χ4v) is 8.66. The zero-order chi connectivity index (χ0) is 22.6. The number of aliphatic hydroxyl groups excluding tert-OH is 1. The molecular formula is C24H31FO5Si. The highest BCUT2D eigenvalue weighted by atomic mass is 28.4. The summed E-state index contributed by atoms with van der Waals surface area (Å²) in [5.41, 5.74) is 0. The molecule has 1 saturated heterocycles. The van der Waals surface area contributed by atoms with Gasteiger partial charge in [0.1, 0.15) is 18.3 Å². The first-order chi connectivity index (χ1) is 14.7. The minimum absolute atomic E-state index is 0.0535. The Morgan fingerprint density at radius 2 is 1.61 bits per heavy atom. The van der Waals surface area contributed by atoms with E-state index in [0.29, 0.717) is 0 Å². The maximum absolute atomic E-state index is 14.2. The van der Waals surface area contributed by atoms with E-state index in [9.17, 15) is 14.3 Å². The largest absolute Gasteiger partial charge is 0.464 e. The normalized spacial score (nSPS) is 20.7. The van der Waals surface area contributed by atoms with Crippen LogP contribution in [0.4, 0.5) is 4.39 Å². The molecule has 1 N–H and O–H groups in total. The molecule has 168 valence electrons. The van der Waals surface area contributed by atoms with Crippen molar-refractivity contribution in [2.45, 2.75) is 57.2 Å². The van der Waals surface area contributed by atoms with Gasteiger partial charge in [0.05, 0.1) is 13.2 Å². The Bertz CT molecular complexity index is 816. The summed E-state index contributed by atoms with van der Waals surface area (Å²) < 4.78 is 31.1. The predicted octanol–water partition coefficient (Wildman–Crippen LogP) is 2.59. The number of alkyl halides is 1. The number of rotatable bonds is 9. The van der Waals surface area contributed by atoms with Crippen molar-refractivity contribution in [3.05, 3.63) is 60.7 Å². The second-order valence-corrected chi connectivity index (χ2v) is 13.1. The van der Waals surface area contributed by atoms with Crippen molar-refractivity contribution < 1.29 is 28.2 Å². The SMILES string of the molecule is CCOC(=O)[C@H](F)[C@H](O)[C@@H]1O[C@@H]1CO[Si](c1ccccc1)(c1ccccc1)C(C)(C)C. The lowest BCUT2D eigenvalue weighted by atomic mass is 10.1. The number of ether oxygens (including phenoxy) is 2. The molecule has 0 unspecified atom stereocenters. The minimum Gasteiger partial charge on any atom is -0.464 e. The molecule has 1 fully saturated rings. The molecule has 0 radical (unpaired) electrons. The van der Waals surface area contributed by atoms with E-state index in [1.807, 2.05) is 36.4 Å². The van der Waals surface area contributed by atoms with Gasteiger partial charge < -0.3 is 19.0 Å². The third-order valence-electron chi connectivity index (χ3n) is 5.65. The molecule has 2 aromatic carbocycles. The van der Waals surface area contributed by atoms with Gasteiger partial charge in [-0.15, -0.1) is 0 Å². The Balaban J connectivity index is 1.82. The molecule has 0 aliphatic carbocycles. The summed E-state index contributed by atoms with van der Waals surface area (Å²) in [7, 11) is -2.75. The van der Waals surface area contributed by atoms with E-state index in [4.69, 9.17) is 9.16 Å². The van der Waals surface area contributed by atoms with Gasteiger partial charge in [0, 0.05) is 0 Å². The Hall–Kier alpha value is -2.06. The lowest BCUT2D eigenvalue weighted by Gasteiger charge is -2.43. The molecule has 5 nitrogen and oxygen atoms in total. The highest BCUT2D eigenvalue weighted by molar-refractivity contribution is 6.99. The van der Waals surface area contributed by atoms with Gasteiger partial charge in [0.2, 0.25) is 6.17 Å². The van der Waals surface area contributed by atoms with E-state index in [2.05, 4.69) is 49.8 Å². The first-order valence-electron chi connectivity index (χ1n) is 10.6. The van der Waals surface area contributed by atoms with Crippen LogP contribution in [0.15, 0.2) is 60.7 Å². The molecule has 0 bridgehead atoms. The maximum atomic E-state index is 14.2. The number of epoxide rings is 1.